The van der Waals surface area contributed by atoms with Crippen molar-refractivity contribution in [2.45, 2.75) is 44.6 Å². The van der Waals surface area contributed by atoms with E-state index < -0.39 is 11.1 Å². The molecule has 1 saturated carbocycles. The Bertz CT molecular complexity index is 1070. The van der Waals surface area contributed by atoms with Crippen molar-refractivity contribution in [3.05, 3.63) is 44.6 Å². The quantitative estimate of drug-likeness (QED) is 0.743. The van der Waals surface area contributed by atoms with Gasteiger partial charge in [-0.25, -0.2) is 4.98 Å². The number of H-pyrrole nitrogens is 1. The molecule has 4 rings (SSSR count). The lowest BCUT2D eigenvalue weighted by atomic mass is 9.87. The molecule has 3 heterocycles. The molecule has 3 aromatic heterocycles. The van der Waals surface area contributed by atoms with Gasteiger partial charge in [0.2, 0.25) is 5.95 Å². The highest BCUT2D eigenvalue weighted by molar-refractivity contribution is 5.72. The van der Waals surface area contributed by atoms with Crippen LogP contribution in [0.15, 0.2) is 26.5 Å². The highest BCUT2D eigenvalue weighted by Gasteiger charge is 2.20. The number of imidazole rings is 1. The molecule has 9 nitrogen and oxygen atoms in total. The summed E-state index contributed by atoms with van der Waals surface area (Å²) >= 11 is 0. The number of aromatic nitrogens is 5. The lowest BCUT2D eigenvalue weighted by Crippen LogP contribution is -2.17. The number of anilines is 1. The number of hydrogen-bond acceptors (Lipinski definition) is 7. The van der Waals surface area contributed by atoms with Crippen LogP contribution in [0.25, 0.3) is 11.0 Å². The van der Waals surface area contributed by atoms with Gasteiger partial charge < -0.3 is 14.0 Å². The summed E-state index contributed by atoms with van der Waals surface area (Å²) in [5.41, 5.74) is 0.210. The van der Waals surface area contributed by atoms with Gasteiger partial charge in [-0.05, 0) is 12.8 Å². The Hall–Kier alpha value is -2.97. The zero-order chi connectivity index (χ0) is 19.0. The second kappa shape index (κ2) is 6.98. The molecule has 27 heavy (non-hydrogen) atoms. The third kappa shape index (κ3) is 3.36. The van der Waals surface area contributed by atoms with E-state index in [2.05, 4.69) is 20.1 Å². The van der Waals surface area contributed by atoms with Crippen LogP contribution in [0.1, 0.15) is 49.5 Å². The SMILES string of the molecule is CN(C)c1nc(=O)c2ncn(Cc3cc(C4CCCCC4)no3)c2c(=O)[nH]1. The van der Waals surface area contributed by atoms with Crippen LogP contribution in [-0.2, 0) is 6.54 Å². The maximum absolute atomic E-state index is 12.6. The third-order valence-electron chi connectivity index (χ3n) is 5.04. The van der Waals surface area contributed by atoms with Crippen molar-refractivity contribution < 1.29 is 4.52 Å². The van der Waals surface area contributed by atoms with E-state index in [0.29, 0.717) is 11.7 Å². The lowest BCUT2D eigenvalue weighted by Gasteiger charge is -2.18. The third-order valence-corrected chi connectivity index (χ3v) is 5.04. The van der Waals surface area contributed by atoms with Crippen molar-refractivity contribution in [2.75, 3.05) is 19.0 Å². The summed E-state index contributed by atoms with van der Waals surface area (Å²) in [4.78, 5) is 37.2. The second-order valence-electron chi connectivity index (χ2n) is 7.21. The first-order valence-corrected chi connectivity index (χ1v) is 9.15. The average molecular weight is 370 g/mol. The largest absolute Gasteiger partial charge is 0.359 e. The van der Waals surface area contributed by atoms with Crippen LogP contribution in [0.4, 0.5) is 5.95 Å². The van der Waals surface area contributed by atoms with E-state index in [1.807, 2.05) is 6.07 Å². The molecule has 1 aliphatic rings. The van der Waals surface area contributed by atoms with Gasteiger partial charge >= 0.3 is 5.56 Å². The first kappa shape index (κ1) is 17.4. The summed E-state index contributed by atoms with van der Waals surface area (Å²) in [6.45, 7) is 0.278. The fourth-order valence-electron chi connectivity index (χ4n) is 3.61. The van der Waals surface area contributed by atoms with Crippen molar-refractivity contribution >= 4 is 17.0 Å². The Labute approximate surface area is 155 Å². The van der Waals surface area contributed by atoms with Gasteiger partial charge in [0.05, 0.1) is 18.6 Å². The minimum atomic E-state index is -0.550. The summed E-state index contributed by atoms with van der Waals surface area (Å²) in [6.07, 6.45) is 7.45. The molecule has 0 saturated heterocycles. The van der Waals surface area contributed by atoms with Gasteiger partial charge in [-0.15, -0.1) is 0 Å². The topological polar surface area (TPSA) is 110 Å². The van der Waals surface area contributed by atoms with Gasteiger partial charge in [0.25, 0.3) is 5.56 Å². The molecule has 0 spiro atoms. The number of aromatic amines is 1. The highest BCUT2D eigenvalue weighted by atomic mass is 16.5. The molecule has 3 aromatic rings. The number of nitrogens with zero attached hydrogens (tertiary/aromatic N) is 5. The molecule has 1 N–H and O–H groups in total. The predicted molar refractivity (Wildman–Crippen MR) is 100 cm³/mol. The van der Waals surface area contributed by atoms with E-state index in [9.17, 15) is 9.59 Å². The fourth-order valence-corrected chi connectivity index (χ4v) is 3.61. The van der Waals surface area contributed by atoms with Crippen LogP contribution >= 0.6 is 0 Å². The maximum atomic E-state index is 12.6. The summed E-state index contributed by atoms with van der Waals surface area (Å²) in [5.74, 6) is 1.26. The molecule has 0 aromatic carbocycles. The molecule has 1 fully saturated rings. The Morgan fingerprint density at radius 1 is 1.26 bits per heavy atom. The van der Waals surface area contributed by atoms with Crippen molar-refractivity contribution in [3.63, 3.8) is 0 Å². The molecule has 9 heteroatoms. The summed E-state index contributed by atoms with van der Waals surface area (Å²) < 4.78 is 7.08. The van der Waals surface area contributed by atoms with E-state index in [-0.39, 0.29) is 23.5 Å². The van der Waals surface area contributed by atoms with Crippen LogP contribution in [0.5, 0.6) is 0 Å². The number of hydrogen-bond donors (Lipinski definition) is 1. The second-order valence-corrected chi connectivity index (χ2v) is 7.21. The number of nitrogens with one attached hydrogen (secondary N) is 1. The van der Waals surface area contributed by atoms with E-state index in [1.54, 1.807) is 23.6 Å². The van der Waals surface area contributed by atoms with Crippen LogP contribution in [0, 0.1) is 0 Å². The van der Waals surface area contributed by atoms with Gasteiger partial charge in [-0.2, -0.15) is 4.98 Å². The summed E-state index contributed by atoms with van der Waals surface area (Å²) in [7, 11) is 3.40. The van der Waals surface area contributed by atoms with Gasteiger partial charge in [0, 0.05) is 26.1 Å². The molecule has 0 amide bonds. The van der Waals surface area contributed by atoms with Crippen LogP contribution in [0.3, 0.4) is 0 Å². The van der Waals surface area contributed by atoms with E-state index in [4.69, 9.17) is 4.52 Å². The normalized spacial score (nSPS) is 15.3. The zero-order valence-electron chi connectivity index (χ0n) is 15.4. The minimum absolute atomic E-state index is 0.0383. The number of rotatable bonds is 4. The first-order valence-electron chi connectivity index (χ1n) is 9.15. The molecular weight excluding hydrogens is 348 g/mol. The minimum Gasteiger partial charge on any atom is -0.359 e. The molecule has 0 bridgehead atoms. The van der Waals surface area contributed by atoms with Gasteiger partial charge in [0.1, 0.15) is 5.52 Å². The fraction of sp³-hybridized carbons (Fsp3) is 0.500. The zero-order valence-corrected chi connectivity index (χ0v) is 15.4. The Morgan fingerprint density at radius 3 is 2.78 bits per heavy atom. The van der Waals surface area contributed by atoms with Crippen molar-refractivity contribution in [2.24, 2.45) is 0 Å². The van der Waals surface area contributed by atoms with Crippen LogP contribution in [-0.4, -0.2) is 38.8 Å². The molecule has 0 radical (unpaired) electrons. The summed E-state index contributed by atoms with van der Waals surface area (Å²) in [6, 6.07) is 1.94. The van der Waals surface area contributed by atoms with Crippen LogP contribution in [0.2, 0.25) is 0 Å². The van der Waals surface area contributed by atoms with Gasteiger partial charge in [0.15, 0.2) is 11.3 Å². The summed E-state index contributed by atoms with van der Waals surface area (Å²) in [5, 5.41) is 4.21. The smallest absolute Gasteiger partial charge is 0.301 e. The molecule has 0 atom stereocenters. The average Bonchev–Trinajstić information content (AvgIpc) is 3.26. The Morgan fingerprint density at radius 2 is 2.04 bits per heavy atom. The molecule has 142 valence electrons. The molecule has 0 aliphatic heterocycles. The monoisotopic (exact) mass is 370 g/mol. The highest BCUT2D eigenvalue weighted by Crippen LogP contribution is 2.32. The molecule has 1 aliphatic carbocycles. The van der Waals surface area contributed by atoms with E-state index in [0.717, 1.165) is 18.5 Å². The predicted octanol–water partition coefficient (Wildman–Crippen LogP) is 1.63. The van der Waals surface area contributed by atoms with Gasteiger partial charge in [-0.1, -0.05) is 24.4 Å². The first-order chi connectivity index (χ1) is 13.0. The maximum Gasteiger partial charge on any atom is 0.301 e. The van der Waals surface area contributed by atoms with Crippen LogP contribution < -0.4 is 16.0 Å². The van der Waals surface area contributed by atoms with E-state index >= 15 is 0 Å². The number of fused-ring (bicyclic) bond motifs is 1. The van der Waals surface area contributed by atoms with Crippen molar-refractivity contribution in [3.8, 4) is 0 Å². The molecule has 0 unspecified atom stereocenters. The van der Waals surface area contributed by atoms with Gasteiger partial charge in [-0.3, -0.25) is 14.6 Å². The lowest BCUT2D eigenvalue weighted by molar-refractivity contribution is 0.354. The Kier molecular flexibility index (Phi) is 4.51. The standard InChI is InChI=1S/C18H22N6O3/c1-23(2)18-20-16(25)14-15(17(26)21-18)24(10-19-14)9-12-8-13(22-27-12)11-6-4-3-5-7-11/h8,10-11H,3-7,9H2,1-2H3,(H,20,21,25,26). The van der Waals surface area contributed by atoms with Crippen molar-refractivity contribution in [1.82, 2.24) is 24.7 Å². The van der Waals surface area contributed by atoms with Crippen molar-refractivity contribution in [1.29, 1.82) is 0 Å². The molecular formula is C18H22N6O3. The Balaban J connectivity index is 1.70. The van der Waals surface area contributed by atoms with E-state index in [1.165, 1.54) is 25.6 Å².